The Labute approximate surface area is 84.9 Å². The second kappa shape index (κ2) is 4.19. The highest BCUT2D eigenvalue weighted by molar-refractivity contribution is 6.30. The molecule has 0 bridgehead atoms. The normalized spacial score (nSPS) is 11.8. The fourth-order valence-electron chi connectivity index (χ4n) is 1.10. The molecule has 0 aliphatic carbocycles. The number of hydrogen-bond acceptors (Lipinski definition) is 1. The highest BCUT2D eigenvalue weighted by atomic mass is 35.5. The molecule has 1 nitrogen and oxygen atoms in total. The van der Waals surface area contributed by atoms with E-state index in [0.717, 1.165) is 12.1 Å². The van der Waals surface area contributed by atoms with Crippen LogP contribution in [0.2, 0.25) is 5.02 Å². The van der Waals surface area contributed by atoms with Gasteiger partial charge < -0.3 is 5.32 Å². The fourth-order valence-corrected chi connectivity index (χ4v) is 1.27. The largest absolute Gasteiger partial charge is 0.314 e. The molecular weight excluding hydrogens is 215 g/mol. The minimum Gasteiger partial charge on any atom is -0.314 e. The van der Waals surface area contributed by atoms with Crippen molar-refractivity contribution in [3.05, 3.63) is 34.6 Å². The zero-order valence-electron chi connectivity index (χ0n) is 7.45. The lowest BCUT2D eigenvalue weighted by molar-refractivity contribution is -0.00469. The zero-order valence-corrected chi connectivity index (χ0v) is 8.21. The van der Waals surface area contributed by atoms with E-state index in [1.54, 1.807) is 0 Å². The van der Waals surface area contributed by atoms with Crippen LogP contribution in [0.5, 0.6) is 0 Å². The first-order valence-electron chi connectivity index (χ1n) is 3.95. The van der Waals surface area contributed by atoms with Crippen LogP contribution in [-0.4, -0.2) is 13.6 Å². The first-order valence-corrected chi connectivity index (χ1v) is 4.33. The van der Waals surface area contributed by atoms with Crippen LogP contribution in [0.1, 0.15) is 5.56 Å². The van der Waals surface area contributed by atoms with Gasteiger partial charge in [0.15, 0.2) is 0 Å². The minimum absolute atomic E-state index is 0.0946. The summed E-state index contributed by atoms with van der Waals surface area (Å²) in [5.74, 6) is -4.20. The van der Waals surface area contributed by atoms with Crippen molar-refractivity contribution in [3.8, 4) is 0 Å². The molecule has 0 aliphatic rings. The molecular formula is C9H9ClF3N. The van der Waals surface area contributed by atoms with E-state index in [4.69, 9.17) is 11.6 Å². The lowest BCUT2D eigenvalue weighted by Gasteiger charge is -2.16. The molecule has 0 atom stereocenters. The van der Waals surface area contributed by atoms with Gasteiger partial charge in [-0.05, 0) is 25.2 Å². The standard InChI is InChI=1S/C9H9ClF3N/c1-14-5-9(12,13)7-4-6(10)2-3-8(7)11/h2-4,14H,5H2,1H3. The van der Waals surface area contributed by atoms with Gasteiger partial charge in [-0.2, -0.15) is 8.78 Å². The van der Waals surface area contributed by atoms with Crippen molar-refractivity contribution in [1.29, 1.82) is 0 Å². The lowest BCUT2D eigenvalue weighted by atomic mass is 10.1. The molecule has 0 aromatic heterocycles. The average molecular weight is 224 g/mol. The molecule has 0 aliphatic heterocycles. The molecule has 1 aromatic carbocycles. The highest BCUT2D eigenvalue weighted by Crippen LogP contribution is 2.31. The van der Waals surface area contributed by atoms with Gasteiger partial charge in [-0.1, -0.05) is 11.6 Å². The number of nitrogens with one attached hydrogen (secondary N) is 1. The van der Waals surface area contributed by atoms with Crippen LogP contribution in [0.25, 0.3) is 0 Å². The van der Waals surface area contributed by atoms with Gasteiger partial charge in [-0.3, -0.25) is 0 Å². The van der Waals surface area contributed by atoms with Gasteiger partial charge in [0.25, 0.3) is 5.92 Å². The predicted octanol–water partition coefficient (Wildman–Crippen LogP) is 2.79. The monoisotopic (exact) mass is 223 g/mol. The summed E-state index contributed by atoms with van der Waals surface area (Å²) >= 11 is 5.50. The second-order valence-corrected chi connectivity index (χ2v) is 3.30. The van der Waals surface area contributed by atoms with Crippen molar-refractivity contribution in [2.24, 2.45) is 0 Å². The van der Waals surface area contributed by atoms with Crippen LogP contribution in [0, 0.1) is 5.82 Å². The van der Waals surface area contributed by atoms with E-state index in [9.17, 15) is 13.2 Å². The van der Waals surface area contributed by atoms with Gasteiger partial charge in [0, 0.05) is 5.02 Å². The van der Waals surface area contributed by atoms with Gasteiger partial charge in [-0.25, -0.2) is 4.39 Å². The van der Waals surface area contributed by atoms with Crippen molar-refractivity contribution in [2.45, 2.75) is 5.92 Å². The Kier molecular flexibility index (Phi) is 3.39. The SMILES string of the molecule is CNCC(F)(F)c1cc(Cl)ccc1F. The molecule has 1 N–H and O–H groups in total. The molecule has 0 unspecified atom stereocenters. The van der Waals surface area contributed by atoms with Crippen LogP contribution in [-0.2, 0) is 5.92 Å². The number of halogens is 4. The summed E-state index contributed by atoms with van der Waals surface area (Å²) in [6, 6.07) is 3.10. The van der Waals surface area contributed by atoms with Gasteiger partial charge in [0.05, 0.1) is 12.1 Å². The van der Waals surface area contributed by atoms with Crippen LogP contribution < -0.4 is 5.32 Å². The maximum absolute atomic E-state index is 13.2. The summed E-state index contributed by atoms with van der Waals surface area (Å²) in [7, 11) is 1.37. The molecule has 0 radical (unpaired) electrons. The van der Waals surface area contributed by atoms with E-state index in [0.29, 0.717) is 0 Å². The van der Waals surface area contributed by atoms with E-state index < -0.39 is 23.8 Å². The Morgan fingerprint density at radius 1 is 1.43 bits per heavy atom. The third-order valence-corrected chi connectivity index (χ3v) is 1.96. The van der Waals surface area contributed by atoms with E-state index in [-0.39, 0.29) is 5.02 Å². The Bertz CT molecular complexity index is 328. The maximum atomic E-state index is 13.2. The van der Waals surface area contributed by atoms with E-state index in [1.165, 1.54) is 13.1 Å². The highest BCUT2D eigenvalue weighted by Gasteiger charge is 2.33. The Morgan fingerprint density at radius 3 is 2.64 bits per heavy atom. The third kappa shape index (κ3) is 2.39. The zero-order chi connectivity index (χ0) is 10.8. The molecule has 0 saturated heterocycles. The molecule has 1 aromatic rings. The Hall–Kier alpha value is -0.740. The lowest BCUT2D eigenvalue weighted by Crippen LogP contribution is -2.29. The summed E-state index contributed by atoms with van der Waals surface area (Å²) in [6.07, 6.45) is 0. The quantitative estimate of drug-likeness (QED) is 0.831. The van der Waals surface area contributed by atoms with Gasteiger partial charge in [-0.15, -0.1) is 0 Å². The van der Waals surface area contributed by atoms with Crippen molar-refractivity contribution < 1.29 is 13.2 Å². The molecule has 0 heterocycles. The molecule has 5 heteroatoms. The number of benzene rings is 1. The first-order chi connectivity index (χ1) is 6.47. The van der Waals surface area contributed by atoms with Crippen molar-refractivity contribution in [2.75, 3.05) is 13.6 Å². The molecule has 78 valence electrons. The number of hydrogen-bond donors (Lipinski definition) is 1. The maximum Gasteiger partial charge on any atom is 0.288 e. The van der Waals surface area contributed by atoms with Crippen molar-refractivity contribution >= 4 is 11.6 Å². The summed E-state index contributed by atoms with van der Waals surface area (Å²) in [5.41, 5.74) is -0.681. The van der Waals surface area contributed by atoms with Crippen molar-refractivity contribution in [3.63, 3.8) is 0 Å². The van der Waals surface area contributed by atoms with E-state index >= 15 is 0 Å². The fraction of sp³-hybridized carbons (Fsp3) is 0.333. The van der Waals surface area contributed by atoms with Gasteiger partial charge in [0.1, 0.15) is 5.82 Å². The van der Waals surface area contributed by atoms with Gasteiger partial charge >= 0.3 is 0 Å². The van der Waals surface area contributed by atoms with Gasteiger partial charge in [0.2, 0.25) is 0 Å². The van der Waals surface area contributed by atoms with Crippen molar-refractivity contribution in [1.82, 2.24) is 5.32 Å². The summed E-state index contributed by atoms with van der Waals surface area (Å²) in [5, 5.41) is 2.39. The smallest absolute Gasteiger partial charge is 0.288 e. The van der Waals surface area contributed by atoms with Crippen LogP contribution in [0.3, 0.4) is 0 Å². The number of likely N-dealkylation sites (N-methyl/N-ethyl adjacent to an activating group) is 1. The minimum atomic E-state index is -3.25. The first kappa shape index (κ1) is 11.3. The molecule has 0 fully saturated rings. The molecule has 1 rings (SSSR count). The molecule has 0 amide bonds. The summed E-state index contributed by atoms with van der Waals surface area (Å²) < 4.78 is 39.5. The number of alkyl halides is 2. The molecule has 14 heavy (non-hydrogen) atoms. The topological polar surface area (TPSA) is 12.0 Å². The Balaban J connectivity index is 3.10. The summed E-state index contributed by atoms with van der Waals surface area (Å²) in [6.45, 7) is -0.621. The Morgan fingerprint density at radius 2 is 2.07 bits per heavy atom. The van der Waals surface area contributed by atoms with Crippen LogP contribution in [0.15, 0.2) is 18.2 Å². The average Bonchev–Trinajstić information content (AvgIpc) is 2.09. The predicted molar refractivity (Wildman–Crippen MR) is 49.2 cm³/mol. The van der Waals surface area contributed by atoms with Crippen LogP contribution in [0.4, 0.5) is 13.2 Å². The van der Waals surface area contributed by atoms with Crippen LogP contribution >= 0.6 is 11.6 Å². The molecule has 0 saturated carbocycles. The second-order valence-electron chi connectivity index (χ2n) is 2.86. The summed E-state index contributed by atoms with van der Waals surface area (Å²) in [4.78, 5) is 0. The third-order valence-electron chi connectivity index (χ3n) is 1.72. The van der Waals surface area contributed by atoms with E-state index in [2.05, 4.69) is 5.32 Å². The molecule has 0 spiro atoms. The number of rotatable bonds is 3. The van der Waals surface area contributed by atoms with E-state index in [1.807, 2.05) is 0 Å².